The molecule has 1 aliphatic rings. The second kappa shape index (κ2) is 4.43. The van der Waals surface area contributed by atoms with E-state index < -0.39 is 10.0 Å². The maximum atomic E-state index is 11.4. The van der Waals surface area contributed by atoms with Crippen molar-refractivity contribution in [3.05, 3.63) is 29.8 Å². The van der Waals surface area contributed by atoms with Crippen LogP contribution in [0.4, 0.5) is 0 Å². The zero-order chi connectivity index (χ0) is 11.6. The Labute approximate surface area is 95.7 Å². The molecule has 1 aromatic carbocycles. The monoisotopic (exact) mass is 241 g/mol. The van der Waals surface area contributed by atoms with Crippen LogP contribution in [0, 0.1) is 0 Å². The number of sulfonamides is 1. The van der Waals surface area contributed by atoms with Crippen molar-refractivity contribution in [2.75, 3.05) is 12.4 Å². The molecule has 4 nitrogen and oxygen atoms in total. The highest BCUT2D eigenvalue weighted by atomic mass is 32.2. The summed E-state index contributed by atoms with van der Waals surface area (Å²) in [7, 11) is -3.15. The summed E-state index contributed by atoms with van der Waals surface area (Å²) in [4.78, 5) is 0. The molecule has 1 aliphatic heterocycles. The quantitative estimate of drug-likeness (QED) is 0.856. The van der Waals surface area contributed by atoms with Gasteiger partial charge >= 0.3 is 0 Å². The van der Waals surface area contributed by atoms with Gasteiger partial charge in [-0.1, -0.05) is 18.2 Å². The van der Waals surface area contributed by atoms with Crippen LogP contribution in [0.3, 0.4) is 0 Å². The third kappa shape index (κ3) is 2.54. The van der Waals surface area contributed by atoms with Gasteiger partial charge in [-0.05, 0) is 25.0 Å². The van der Waals surface area contributed by atoms with Crippen molar-refractivity contribution in [2.24, 2.45) is 0 Å². The van der Waals surface area contributed by atoms with Gasteiger partial charge in [0.05, 0.1) is 11.8 Å². The van der Waals surface area contributed by atoms with E-state index in [1.54, 1.807) is 6.92 Å². The largest absolute Gasteiger partial charge is 0.492 e. The van der Waals surface area contributed by atoms with Crippen molar-refractivity contribution >= 4 is 10.0 Å². The molecule has 2 rings (SSSR count). The number of hydrogen-bond acceptors (Lipinski definition) is 3. The minimum absolute atomic E-state index is 0.102. The third-order valence-electron chi connectivity index (χ3n) is 2.61. The Morgan fingerprint density at radius 3 is 2.94 bits per heavy atom. The van der Waals surface area contributed by atoms with Crippen molar-refractivity contribution in [2.45, 2.75) is 19.4 Å². The highest BCUT2D eigenvalue weighted by Gasteiger charge is 2.22. The van der Waals surface area contributed by atoms with Gasteiger partial charge in [0, 0.05) is 0 Å². The van der Waals surface area contributed by atoms with E-state index in [0.29, 0.717) is 13.0 Å². The SMILES string of the molecule is CCS(=O)(=O)NC1COc2ccccc2C1. The van der Waals surface area contributed by atoms with Crippen molar-refractivity contribution < 1.29 is 13.2 Å². The normalized spacial score (nSPS) is 19.9. The van der Waals surface area contributed by atoms with Gasteiger partial charge in [-0.2, -0.15) is 0 Å². The van der Waals surface area contributed by atoms with Gasteiger partial charge in [0.25, 0.3) is 0 Å². The topological polar surface area (TPSA) is 55.4 Å². The van der Waals surface area contributed by atoms with Crippen LogP contribution in [-0.2, 0) is 16.4 Å². The Morgan fingerprint density at radius 2 is 2.19 bits per heavy atom. The minimum Gasteiger partial charge on any atom is -0.492 e. The van der Waals surface area contributed by atoms with E-state index in [-0.39, 0.29) is 11.8 Å². The van der Waals surface area contributed by atoms with Gasteiger partial charge in [0.1, 0.15) is 12.4 Å². The third-order valence-corrected chi connectivity index (χ3v) is 4.06. The number of ether oxygens (including phenoxy) is 1. The molecule has 0 radical (unpaired) electrons. The molecule has 0 aromatic heterocycles. The van der Waals surface area contributed by atoms with E-state index >= 15 is 0 Å². The number of rotatable bonds is 3. The molecule has 1 atom stereocenters. The lowest BCUT2D eigenvalue weighted by atomic mass is 10.0. The van der Waals surface area contributed by atoms with Crippen LogP contribution in [0.25, 0.3) is 0 Å². The summed E-state index contributed by atoms with van der Waals surface area (Å²) in [6, 6.07) is 7.55. The number of nitrogens with one attached hydrogen (secondary N) is 1. The van der Waals surface area contributed by atoms with E-state index in [9.17, 15) is 8.42 Å². The molecule has 0 spiro atoms. The van der Waals surface area contributed by atoms with Crippen LogP contribution in [0.5, 0.6) is 5.75 Å². The molecule has 0 saturated carbocycles. The fourth-order valence-electron chi connectivity index (χ4n) is 1.74. The summed E-state index contributed by atoms with van der Waals surface area (Å²) >= 11 is 0. The lowest BCUT2D eigenvalue weighted by Gasteiger charge is -2.25. The molecule has 1 heterocycles. The van der Waals surface area contributed by atoms with Gasteiger partial charge in [0.15, 0.2) is 0 Å². The Hall–Kier alpha value is -1.07. The Kier molecular flexibility index (Phi) is 3.16. The number of para-hydroxylation sites is 1. The first-order valence-corrected chi connectivity index (χ1v) is 6.96. The summed E-state index contributed by atoms with van der Waals surface area (Å²) in [5.74, 6) is 0.958. The lowest BCUT2D eigenvalue weighted by molar-refractivity contribution is 0.254. The van der Waals surface area contributed by atoms with Crippen LogP contribution in [0.15, 0.2) is 24.3 Å². The lowest BCUT2D eigenvalue weighted by Crippen LogP contribution is -2.43. The van der Waals surface area contributed by atoms with Crippen LogP contribution in [0.2, 0.25) is 0 Å². The van der Waals surface area contributed by atoms with Crippen LogP contribution in [-0.4, -0.2) is 26.8 Å². The van der Waals surface area contributed by atoms with Crippen LogP contribution in [0.1, 0.15) is 12.5 Å². The van der Waals surface area contributed by atoms with Crippen LogP contribution >= 0.6 is 0 Å². The first-order valence-electron chi connectivity index (χ1n) is 5.31. The highest BCUT2D eigenvalue weighted by molar-refractivity contribution is 7.89. The first kappa shape index (κ1) is 11.4. The molecule has 5 heteroatoms. The van der Waals surface area contributed by atoms with E-state index in [0.717, 1.165) is 11.3 Å². The van der Waals surface area contributed by atoms with Gasteiger partial charge in [-0.25, -0.2) is 13.1 Å². The molecular weight excluding hydrogens is 226 g/mol. The fourth-order valence-corrected chi connectivity index (χ4v) is 2.57. The zero-order valence-corrected chi connectivity index (χ0v) is 9.96. The zero-order valence-electron chi connectivity index (χ0n) is 9.14. The molecule has 0 fully saturated rings. The minimum atomic E-state index is -3.15. The Morgan fingerprint density at radius 1 is 1.44 bits per heavy atom. The van der Waals surface area contributed by atoms with Crippen molar-refractivity contribution in [3.8, 4) is 5.75 Å². The van der Waals surface area contributed by atoms with E-state index in [4.69, 9.17) is 4.74 Å². The molecule has 1 aromatic rings. The summed E-state index contributed by atoms with van der Waals surface area (Å²) < 4.78 is 31.0. The Balaban J connectivity index is 2.09. The summed E-state index contributed by atoms with van der Waals surface area (Å²) in [5, 5.41) is 0. The van der Waals surface area contributed by atoms with E-state index in [2.05, 4.69) is 4.72 Å². The predicted octanol–water partition coefficient (Wildman–Crippen LogP) is 0.929. The van der Waals surface area contributed by atoms with Gasteiger partial charge in [-0.15, -0.1) is 0 Å². The predicted molar refractivity (Wildman–Crippen MR) is 62.0 cm³/mol. The Bertz CT molecular complexity index is 470. The average molecular weight is 241 g/mol. The smallest absolute Gasteiger partial charge is 0.211 e. The summed E-state index contributed by atoms with van der Waals surface area (Å²) in [6.07, 6.45) is 0.690. The average Bonchev–Trinajstić information content (AvgIpc) is 2.28. The molecule has 1 N–H and O–H groups in total. The number of hydrogen-bond donors (Lipinski definition) is 1. The second-order valence-electron chi connectivity index (χ2n) is 3.84. The molecule has 88 valence electrons. The number of benzene rings is 1. The van der Waals surface area contributed by atoms with Crippen LogP contribution < -0.4 is 9.46 Å². The highest BCUT2D eigenvalue weighted by Crippen LogP contribution is 2.23. The maximum Gasteiger partial charge on any atom is 0.211 e. The van der Waals surface area contributed by atoms with Crippen molar-refractivity contribution in [1.29, 1.82) is 0 Å². The molecule has 1 unspecified atom stereocenters. The maximum absolute atomic E-state index is 11.4. The second-order valence-corrected chi connectivity index (χ2v) is 5.88. The first-order chi connectivity index (χ1) is 7.61. The van der Waals surface area contributed by atoms with Gasteiger partial charge in [0.2, 0.25) is 10.0 Å². The van der Waals surface area contributed by atoms with E-state index in [1.165, 1.54) is 0 Å². The summed E-state index contributed by atoms with van der Waals surface area (Å²) in [6.45, 7) is 2.02. The standard InChI is InChI=1S/C11H15NO3S/c1-2-16(13,14)12-10-7-9-5-3-4-6-11(9)15-8-10/h3-6,10,12H,2,7-8H2,1H3. The van der Waals surface area contributed by atoms with Gasteiger partial charge in [-0.3, -0.25) is 0 Å². The van der Waals surface area contributed by atoms with Gasteiger partial charge < -0.3 is 4.74 Å². The molecular formula is C11H15NO3S. The molecule has 16 heavy (non-hydrogen) atoms. The molecule has 0 saturated heterocycles. The van der Waals surface area contributed by atoms with E-state index in [1.807, 2.05) is 24.3 Å². The summed E-state index contributed by atoms with van der Waals surface area (Å²) in [5.41, 5.74) is 1.05. The van der Waals surface area contributed by atoms with Crippen molar-refractivity contribution in [3.63, 3.8) is 0 Å². The molecule has 0 bridgehead atoms. The molecule has 0 aliphatic carbocycles. The van der Waals surface area contributed by atoms with Crippen molar-refractivity contribution in [1.82, 2.24) is 4.72 Å². The fraction of sp³-hybridized carbons (Fsp3) is 0.455. The number of fused-ring (bicyclic) bond motifs is 1. The molecule has 0 amide bonds.